The van der Waals surface area contributed by atoms with Crippen LogP contribution in [-0.2, 0) is 12.4 Å². The molecule has 0 radical (unpaired) electrons. The average molecular weight is 361 g/mol. The topological polar surface area (TPSA) is 26.0 Å². The van der Waals surface area contributed by atoms with E-state index >= 15 is 0 Å². The fourth-order valence-corrected chi connectivity index (χ4v) is 2.18. The lowest BCUT2D eigenvalue weighted by molar-refractivity contribution is -0.143. The van der Waals surface area contributed by atoms with Crippen molar-refractivity contribution in [3.05, 3.63) is 29.3 Å². The first-order chi connectivity index (χ1) is 10.5. The largest absolute Gasteiger partial charge is 0.417 e. The molecule has 1 aromatic carbocycles. The number of alkyl halides is 6. The molecular weight excluding hydrogens is 340 g/mol. The first kappa shape index (κ1) is 22.1. The summed E-state index contributed by atoms with van der Waals surface area (Å²) in [6.45, 7) is 5.27. The SMILES string of the molecule is CCCC(CC)CN.FC(F)(F)c1ccc(C(F)(F)F)c(S)c1. The Balaban J connectivity index is 0.000000515. The van der Waals surface area contributed by atoms with Crippen LogP contribution in [0.5, 0.6) is 0 Å². The third-order valence-corrected chi connectivity index (χ3v) is 3.61. The number of rotatable bonds is 4. The third kappa shape index (κ3) is 7.97. The molecule has 2 N–H and O–H groups in total. The maximum Gasteiger partial charge on any atom is 0.417 e. The van der Waals surface area contributed by atoms with Crippen LogP contribution < -0.4 is 5.73 Å². The minimum atomic E-state index is -4.69. The van der Waals surface area contributed by atoms with Gasteiger partial charge in [0, 0.05) is 4.90 Å². The molecule has 0 aliphatic rings. The molecule has 0 saturated carbocycles. The molecule has 0 fully saturated rings. The highest BCUT2D eigenvalue weighted by Gasteiger charge is 2.36. The summed E-state index contributed by atoms with van der Waals surface area (Å²) in [4.78, 5) is -0.739. The van der Waals surface area contributed by atoms with Crippen molar-refractivity contribution in [1.29, 1.82) is 0 Å². The molecule has 134 valence electrons. The van der Waals surface area contributed by atoms with Gasteiger partial charge in [-0.2, -0.15) is 26.3 Å². The summed E-state index contributed by atoms with van der Waals surface area (Å²) in [6, 6.07) is 1.10. The van der Waals surface area contributed by atoms with E-state index < -0.39 is 28.4 Å². The summed E-state index contributed by atoms with van der Waals surface area (Å²) < 4.78 is 72.7. The molecule has 0 aliphatic carbocycles. The van der Waals surface area contributed by atoms with Crippen LogP contribution in [0.4, 0.5) is 26.3 Å². The lowest BCUT2D eigenvalue weighted by atomic mass is 10.0. The van der Waals surface area contributed by atoms with Crippen LogP contribution >= 0.6 is 12.6 Å². The fraction of sp³-hybridized carbons (Fsp3) is 0.600. The zero-order valence-electron chi connectivity index (χ0n) is 12.9. The quantitative estimate of drug-likeness (QED) is 0.516. The van der Waals surface area contributed by atoms with Gasteiger partial charge in [-0.1, -0.05) is 26.7 Å². The number of thiol groups is 1. The summed E-state index contributed by atoms with van der Waals surface area (Å²) in [5.41, 5.74) is 3.14. The first-order valence-electron chi connectivity index (χ1n) is 7.14. The Bertz CT molecular complexity index is 466. The Kier molecular flexibility index (Phi) is 9.05. The van der Waals surface area contributed by atoms with Gasteiger partial charge in [-0.15, -0.1) is 12.6 Å². The van der Waals surface area contributed by atoms with Gasteiger partial charge in [0.05, 0.1) is 11.1 Å². The van der Waals surface area contributed by atoms with Gasteiger partial charge in [-0.25, -0.2) is 0 Å². The predicted molar refractivity (Wildman–Crippen MR) is 81.4 cm³/mol. The number of nitrogens with two attached hydrogens (primary N) is 1. The summed E-state index contributed by atoms with van der Waals surface area (Å²) in [5, 5.41) is 0. The van der Waals surface area contributed by atoms with Crippen LogP contribution in [0, 0.1) is 5.92 Å². The van der Waals surface area contributed by atoms with E-state index in [-0.39, 0.29) is 0 Å². The standard InChI is InChI=1S/C8H4F6S.C7H17N/c9-7(10,11)4-1-2-5(6(15)3-4)8(12,13)14;1-3-5-7(4-2)6-8/h1-3,15H;7H,3-6,8H2,1-2H3. The Labute approximate surface area is 137 Å². The van der Waals surface area contributed by atoms with Crippen LogP contribution in [0.2, 0.25) is 0 Å². The molecular formula is C15H21F6NS. The minimum absolute atomic E-state index is 0.353. The monoisotopic (exact) mass is 361 g/mol. The number of benzene rings is 1. The molecule has 0 spiro atoms. The molecule has 0 heterocycles. The summed E-state index contributed by atoms with van der Waals surface area (Å²) >= 11 is 3.37. The van der Waals surface area contributed by atoms with Crippen molar-refractivity contribution in [2.24, 2.45) is 11.7 Å². The number of hydrogen-bond acceptors (Lipinski definition) is 2. The lowest BCUT2D eigenvalue weighted by Crippen LogP contribution is -2.12. The molecule has 0 amide bonds. The predicted octanol–water partition coefficient (Wildman–Crippen LogP) is 5.78. The van der Waals surface area contributed by atoms with Crippen LogP contribution in [0.3, 0.4) is 0 Å². The van der Waals surface area contributed by atoms with Crippen molar-refractivity contribution < 1.29 is 26.3 Å². The zero-order valence-corrected chi connectivity index (χ0v) is 13.8. The van der Waals surface area contributed by atoms with Gasteiger partial charge in [0.25, 0.3) is 0 Å². The molecule has 0 saturated heterocycles. The molecule has 1 nitrogen and oxygen atoms in total. The van der Waals surface area contributed by atoms with Gasteiger partial charge >= 0.3 is 12.4 Å². The molecule has 1 rings (SSSR count). The van der Waals surface area contributed by atoms with Crippen LogP contribution in [0.25, 0.3) is 0 Å². The number of halogens is 6. The van der Waals surface area contributed by atoms with Crippen LogP contribution in [0.15, 0.2) is 23.1 Å². The van der Waals surface area contributed by atoms with Gasteiger partial charge in [-0.05, 0) is 37.1 Å². The van der Waals surface area contributed by atoms with E-state index in [1.165, 1.54) is 19.3 Å². The summed E-state index contributed by atoms with van der Waals surface area (Å²) in [6.07, 6.45) is -5.55. The Morgan fingerprint density at radius 1 is 1.04 bits per heavy atom. The summed E-state index contributed by atoms with van der Waals surface area (Å²) in [7, 11) is 0. The Morgan fingerprint density at radius 3 is 1.87 bits per heavy atom. The van der Waals surface area contributed by atoms with Gasteiger partial charge in [0.2, 0.25) is 0 Å². The Morgan fingerprint density at radius 2 is 1.61 bits per heavy atom. The molecule has 1 aromatic rings. The second kappa shape index (κ2) is 9.42. The molecule has 1 atom stereocenters. The molecule has 0 aliphatic heterocycles. The van der Waals surface area contributed by atoms with E-state index in [0.29, 0.717) is 18.2 Å². The first-order valence-corrected chi connectivity index (χ1v) is 7.59. The van der Waals surface area contributed by atoms with Crippen molar-refractivity contribution >= 4 is 12.6 Å². The fourth-order valence-electron chi connectivity index (χ4n) is 1.84. The van der Waals surface area contributed by atoms with Crippen molar-refractivity contribution in [2.45, 2.75) is 50.4 Å². The highest BCUT2D eigenvalue weighted by molar-refractivity contribution is 7.80. The minimum Gasteiger partial charge on any atom is -0.330 e. The zero-order chi connectivity index (χ0) is 18.3. The lowest BCUT2D eigenvalue weighted by Gasteiger charge is -2.12. The van der Waals surface area contributed by atoms with Crippen molar-refractivity contribution in [2.75, 3.05) is 6.54 Å². The van der Waals surface area contributed by atoms with Gasteiger partial charge < -0.3 is 5.73 Å². The van der Waals surface area contributed by atoms with E-state index in [0.717, 1.165) is 12.5 Å². The van der Waals surface area contributed by atoms with Crippen molar-refractivity contribution in [3.63, 3.8) is 0 Å². The van der Waals surface area contributed by atoms with Crippen molar-refractivity contribution in [3.8, 4) is 0 Å². The summed E-state index contributed by atoms with van der Waals surface area (Å²) in [5.74, 6) is 0.778. The second-order valence-corrected chi connectivity index (χ2v) is 5.51. The highest BCUT2D eigenvalue weighted by Crippen LogP contribution is 2.37. The maximum atomic E-state index is 12.1. The molecule has 0 aromatic heterocycles. The van der Waals surface area contributed by atoms with Gasteiger partial charge in [0.15, 0.2) is 0 Å². The molecule has 23 heavy (non-hydrogen) atoms. The molecule has 8 heteroatoms. The normalized spacial score (nSPS) is 13.3. The van der Waals surface area contributed by atoms with E-state index in [1.54, 1.807) is 0 Å². The average Bonchev–Trinajstić information content (AvgIpc) is 2.43. The van der Waals surface area contributed by atoms with Crippen LogP contribution in [-0.4, -0.2) is 6.54 Å². The van der Waals surface area contributed by atoms with Crippen LogP contribution in [0.1, 0.15) is 44.2 Å². The second-order valence-electron chi connectivity index (χ2n) is 5.03. The van der Waals surface area contributed by atoms with Gasteiger partial charge in [-0.3, -0.25) is 0 Å². The van der Waals surface area contributed by atoms with E-state index in [9.17, 15) is 26.3 Å². The number of hydrogen-bond donors (Lipinski definition) is 2. The van der Waals surface area contributed by atoms with Gasteiger partial charge in [0.1, 0.15) is 0 Å². The smallest absolute Gasteiger partial charge is 0.330 e. The third-order valence-electron chi connectivity index (χ3n) is 3.24. The van der Waals surface area contributed by atoms with E-state index in [1.807, 2.05) is 0 Å². The molecule has 1 unspecified atom stereocenters. The Hall–Kier alpha value is -0.890. The highest BCUT2D eigenvalue weighted by atomic mass is 32.1. The molecule has 0 bridgehead atoms. The van der Waals surface area contributed by atoms with E-state index in [4.69, 9.17) is 5.73 Å². The maximum absolute atomic E-state index is 12.1. The van der Waals surface area contributed by atoms with Crippen molar-refractivity contribution in [1.82, 2.24) is 0 Å². The van der Waals surface area contributed by atoms with E-state index in [2.05, 4.69) is 26.5 Å².